The summed E-state index contributed by atoms with van der Waals surface area (Å²) in [5.74, 6) is 0.829. The second-order valence-corrected chi connectivity index (χ2v) is 8.01. The number of aromatic nitrogens is 1. The number of aliphatic imine (C=N–C) groups is 1. The number of nitrogens with zero attached hydrogens (tertiary/aromatic N) is 3. The molecule has 1 aromatic heterocycles. The van der Waals surface area contributed by atoms with Crippen LogP contribution in [0.15, 0.2) is 35.3 Å². The summed E-state index contributed by atoms with van der Waals surface area (Å²) in [6, 6.07) is 11.2. The van der Waals surface area contributed by atoms with E-state index >= 15 is 0 Å². The molecule has 1 unspecified atom stereocenters. The van der Waals surface area contributed by atoms with Gasteiger partial charge in [0.2, 0.25) is 0 Å². The van der Waals surface area contributed by atoms with Crippen LogP contribution in [0.25, 0.3) is 0 Å². The number of thiazole rings is 1. The fraction of sp³-hybridized carbons (Fsp3) is 0.500. The number of rotatable bonds is 6. The lowest BCUT2D eigenvalue weighted by Gasteiger charge is -2.28. The Balaban J connectivity index is 1.59. The third-order valence-corrected chi connectivity index (χ3v) is 6.00. The SMILES string of the molecule is CN=C(NCc1nc(C)c(C)s1)NCC(c1ccccc1)N1CCCC1. The van der Waals surface area contributed by atoms with Gasteiger partial charge in [-0.1, -0.05) is 30.3 Å². The molecule has 1 aliphatic rings. The van der Waals surface area contributed by atoms with Crippen LogP contribution in [0, 0.1) is 13.8 Å². The van der Waals surface area contributed by atoms with Gasteiger partial charge in [0.25, 0.3) is 0 Å². The fourth-order valence-electron chi connectivity index (χ4n) is 3.37. The van der Waals surface area contributed by atoms with Crippen LogP contribution in [0.4, 0.5) is 0 Å². The Hall–Kier alpha value is -1.92. The molecule has 1 atom stereocenters. The van der Waals surface area contributed by atoms with Crippen LogP contribution >= 0.6 is 11.3 Å². The number of hydrogen-bond donors (Lipinski definition) is 2. The molecule has 5 nitrogen and oxygen atoms in total. The van der Waals surface area contributed by atoms with Crippen LogP contribution in [0.3, 0.4) is 0 Å². The molecule has 1 fully saturated rings. The minimum Gasteiger partial charge on any atom is -0.354 e. The number of likely N-dealkylation sites (tertiary alicyclic amines) is 1. The molecule has 6 heteroatoms. The van der Waals surface area contributed by atoms with E-state index in [2.05, 4.69) is 69.7 Å². The quantitative estimate of drug-likeness (QED) is 0.604. The van der Waals surface area contributed by atoms with Gasteiger partial charge in [-0.3, -0.25) is 9.89 Å². The van der Waals surface area contributed by atoms with Gasteiger partial charge in [0, 0.05) is 18.5 Å². The number of nitrogens with one attached hydrogen (secondary N) is 2. The van der Waals surface area contributed by atoms with Gasteiger partial charge in [-0.25, -0.2) is 4.98 Å². The van der Waals surface area contributed by atoms with E-state index in [1.165, 1.54) is 36.4 Å². The summed E-state index contributed by atoms with van der Waals surface area (Å²) < 4.78 is 0. The van der Waals surface area contributed by atoms with E-state index in [9.17, 15) is 0 Å². The summed E-state index contributed by atoms with van der Waals surface area (Å²) in [5, 5.41) is 8.00. The van der Waals surface area contributed by atoms with Crippen molar-refractivity contribution >= 4 is 17.3 Å². The first-order valence-electron chi connectivity index (χ1n) is 9.34. The third-order valence-electron chi connectivity index (χ3n) is 4.93. The Morgan fingerprint density at radius 2 is 1.92 bits per heavy atom. The summed E-state index contributed by atoms with van der Waals surface area (Å²) in [5.41, 5.74) is 2.48. The number of guanidine groups is 1. The lowest BCUT2D eigenvalue weighted by Crippen LogP contribution is -2.42. The van der Waals surface area contributed by atoms with Gasteiger partial charge >= 0.3 is 0 Å². The van der Waals surface area contributed by atoms with E-state index in [1.54, 1.807) is 11.3 Å². The zero-order valence-electron chi connectivity index (χ0n) is 16.0. The van der Waals surface area contributed by atoms with Crippen molar-refractivity contribution in [1.29, 1.82) is 0 Å². The Morgan fingerprint density at radius 3 is 2.54 bits per heavy atom. The molecule has 1 aliphatic heterocycles. The van der Waals surface area contributed by atoms with Crippen molar-refractivity contribution in [3.8, 4) is 0 Å². The van der Waals surface area contributed by atoms with Gasteiger partial charge in [-0.15, -0.1) is 11.3 Å². The van der Waals surface area contributed by atoms with Crippen LogP contribution in [-0.4, -0.2) is 42.5 Å². The molecule has 2 aromatic rings. The predicted molar refractivity (Wildman–Crippen MR) is 110 cm³/mol. The highest BCUT2D eigenvalue weighted by molar-refractivity contribution is 7.11. The molecule has 140 valence electrons. The molecule has 0 spiro atoms. The minimum atomic E-state index is 0.376. The second kappa shape index (κ2) is 9.14. The molecule has 26 heavy (non-hydrogen) atoms. The Morgan fingerprint density at radius 1 is 1.19 bits per heavy atom. The van der Waals surface area contributed by atoms with Gasteiger partial charge in [-0.05, 0) is 45.3 Å². The first kappa shape index (κ1) is 18.9. The largest absolute Gasteiger partial charge is 0.354 e. The average molecular weight is 372 g/mol. The highest BCUT2D eigenvalue weighted by Crippen LogP contribution is 2.24. The van der Waals surface area contributed by atoms with Gasteiger partial charge in [0.1, 0.15) is 5.01 Å². The van der Waals surface area contributed by atoms with Crippen LogP contribution in [0.1, 0.15) is 40.0 Å². The molecule has 0 radical (unpaired) electrons. The smallest absolute Gasteiger partial charge is 0.191 e. The molecule has 0 amide bonds. The van der Waals surface area contributed by atoms with Crippen LogP contribution < -0.4 is 10.6 Å². The van der Waals surface area contributed by atoms with Crippen molar-refractivity contribution in [2.24, 2.45) is 4.99 Å². The highest BCUT2D eigenvalue weighted by Gasteiger charge is 2.23. The van der Waals surface area contributed by atoms with Crippen LogP contribution in [0.5, 0.6) is 0 Å². The monoisotopic (exact) mass is 371 g/mol. The van der Waals surface area contributed by atoms with Crippen LogP contribution in [0.2, 0.25) is 0 Å². The van der Waals surface area contributed by atoms with E-state index in [0.29, 0.717) is 12.6 Å². The summed E-state index contributed by atoms with van der Waals surface area (Å²) in [6.07, 6.45) is 2.58. The normalized spacial score (nSPS) is 16.7. The zero-order valence-corrected chi connectivity index (χ0v) is 16.8. The summed E-state index contributed by atoms with van der Waals surface area (Å²) >= 11 is 1.74. The third kappa shape index (κ3) is 4.83. The molecule has 3 rings (SSSR count). The van der Waals surface area contributed by atoms with Gasteiger partial charge in [0.15, 0.2) is 5.96 Å². The van der Waals surface area contributed by atoms with E-state index in [-0.39, 0.29) is 0 Å². The van der Waals surface area contributed by atoms with E-state index < -0.39 is 0 Å². The van der Waals surface area contributed by atoms with Crippen molar-refractivity contribution < 1.29 is 0 Å². The molecule has 0 bridgehead atoms. The van der Waals surface area contributed by atoms with Gasteiger partial charge in [0.05, 0.1) is 18.3 Å². The molecular weight excluding hydrogens is 342 g/mol. The first-order valence-corrected chi connectivity index (χ1v) is 10.2. The van der Waals surface area contributed by atoms with Crippen molar-refractivity contribution in [2.75, 3.05) is 26.7 Å². The van der Waals surface area contributed by atoms with E-state index in [1.807, 2.05) is 7.05 Å². The Kier molecular flexibility index (Phi) is 6.63. The topological polar surface area (TPSA) is 52.6 Å². The molecular formula is C20H29N5S. The zero-order chi connectivity index (χ0) is 18.4. The molecule has 0 aliphatic carbocycles. The molecule has 1 aromatic carbocycles. The number of hydrogen-bond acceptors (Lipinski definition) is 4. The van der Waals surface area contributed by atoms with Crippen molar-refractivity contribution in [3.63, 3.8) is 0 Å². The Bertz CT molecular complexity index is 700. The average Bonchev–Trinajstić information content (AvgIpc) is 3.29. The molecule has 0 saturated carbocycles. The van der Waals surface area contributed by atoms with Crippen molar-refractivity contribution in [2.45, 2.75) is 39.3 Å². The van der Waals surface area contributed by atoms with Crippen LogP contribution in [-0.2, 0) is 6.54 Å². The maximum absolute atomic E-state index is 4.59. The molecule has 2 heterocycles. The molecule has 2 N–H and O–H groups in total. The lowest BCUT2D eigenvalue weighted by molar-refractivity contribution is 0.245. The number of aryl methyl sites for hydroxylation is 2. The fourth-order valence-corrected chi connectivity index (χ4v) is 4.25. The summed E-state index contributed by atoms with van der Waals surface area (Å²) in [4.78, 5) is 12.8. The molecule has 1 saturated heterocycles. The van der Waals surface area contributed by atoms with Crippen molar-refractivity contribution in [3.05, 3.63) is 51.5 Å². The number of benzene rings is 1. The predicted octanol–water partition coefficient (Wildman–Crippen LogP) is 3.26. The summed E-state index contributed by atoms with van der Waals surface area (Å²) in [6.45, 7) is 8.07. The lowest BCUT2D eigenvalue weighted by atomic mass is 10.1. The Labute approximate surface area is 160 Å². The van der Waals surface area contributed by atoms with E-state index in [0.717, 1.165) is 23.2 Å². The van der Waals surface area contributed by atoms with Gasteiger partial charge in [-0.2, -0.15) is 0 Å². The van der Waals surface area contributed by atoms with Gasteiger partial charge < -0.3 is 10.6 Å². The maximum atomic E-state index is 4.59. The second-order valence-electron chi connectivity index (χ2n) is 6.73. The standard InChI is InChI=1S/C20H29N5S/c1-15-16(2)26-19(24-15)14-23-20(21-3)22-13-18(25-11-7-8-12-25)17-9-5-4-6-10-17/h4-6,9-10,18H,7-8,11-14H2,1-3H3,(H2,21,22,23). The maximum Gasteiger partial charge on any atom is 0.191 e. The minimum absolute atomic E-state index is 0.376. The summed E-state index contributed by atoms with van der Waals surface area (Å²) in [7, 11) is 1.82. The van der Waals surface area contributed by atoms with E-state index in [4.69, 9.17) is 0 Å². The highest BCUT2D eigenvalue weighted by atomic mass is 32.1. The van der Waals surface area contributed by atoms with Crippen molar-refractivity contribution in [1.82, 2.24) is 20.5 Å². The first-order chi connectivity index (χ1) is 12.7.